The minimum absolute atomic E-state index is 0. The summed E-state index contributed by atoms with van der Waals surface area (Å²) in [6.45, 7) is 15.3. The average Bonchev–Trinajstić information content (AvgIpc) is 3.39. The quantitative estimate of drug-likeness (QED) is 0.358. The van der Waals surface area contributed by atoms with Gasteiger partial charge in [-0.3, -0.25) is 9.78 Å². The molecule has 0 bridgehead atoms. The van der Waals surface area contributed by atoms with Crippen LogP contribution in [0.5, 0.6) is 5.75 Å². The van der Waals surface area contributed by atoms with Crippen molar-refractivity contribution in [2.75, 3.05) is 0 Å². The molecule has 1 aromatic heterocycles. The van der Waals surface area contributed by atoms with Crippen LogP contribution in [0.1, 0.15) is 83.1 Å². The van der Waals surface area contributed by atoms with E-state index in [4.69, 9.17) is 4.74 Å². The fourth-order valence-electron chi connectivity index (χ4n) is 4.96. The van der Waals surface area contributed by atoms with E-state index in [0.29, 0.717) is 23.9 Å². The number of alkyl halides is 1. The maximum Gasteiger partial charge on any atom is 0.235 e. The predicted molar refractivity (Wildman–Crippen MR) is 143 cm³/mol. The third-order valence-corrected chi connectivity index (χ3v) is 6.69. The van der Waals surface area contributed by atoms with E-state index in [-0.39, 0.29) is 45.6 Å². The summed E-state index contributed by atoms with van der Waals surface area (Å²) in [5.41, 5.74) is 7.99. The molecule has 2 aliphatic rings. The van der Waals surface area contributed by atoms with Gasteiger partial charge in [0.05, 0.1) is 5.69 Å². The molecule has 4 rings (SSSR count). The minimum Gasteiger partial charge on any atom is -0.461 e. The summed E-state index contributed by atoms with van der Waals surface area (Å²) in [6, 6.07) is 9.20. The topological polar surface area (TPSA) is 51.2 Å². The second-order valence-corrected chi connectivity index (χ2v) is 10.0. The van der Waals surface area contributed by atoms with Crippen molar-refractivity contribution in [1.82, 2.24) is 10.3 Å². The zero-order chi connectivity index (χ0) is 25.6. The molecule has 0 spiro atoms. The molecule has 1 radical (unpaired) electrons. The maximum absolute atomic E-state index is 12.4. The van der Waals surface area contributed by atoms with E-state index < -0.39 is 6.36 Å². The molecule has 1 saturated carbocycles. The number of carbonyl (C=O) groups is 1. The molecule has 191 valence electrons. The Kier molecular flexibility index (Phi) is 11.3. The molecule has 2 unspecified atom stereocenters. The van der Waals surface area contributed by atoms with Crippen molar-refractivity contribution >= 4 is 17.6 Å². The van der Waals surface area contributed by atoms with Crippen molar-refractivity contribution in [3.05, 3.63) is 77.8 Å². The number of nitrogens with one attached hydrogen (secondary N) is 1. The van der Waals surface area contributed by atoms with Crippen LogP contribution in [0, 0.1) is 5.92 Å². The second-order valence-electron chi connectivity index (χ2n) is 10.0. The fraction of sp³-hybridized carbons (Fsp3) is 0.433. The Balaban J connectivity index is 0.000000419. The standard InChI is InChI=1S/C20H26N2O.C10H11FO.Y.H2/c1-5-16(22-20(4)8-6-7-9-20)17-11-15-14(12-21-17)10-18(23)19(15)13(2)3;1-3-9-5-4-6-10(7-9)12-8(2)11;;/h11-13,19,22H,1,6-10H2,2-4H3;3-8H,1H2,2H3;;1H. The van der Waals surface area contributed by atoms with Crippen molar-refractivity contribution in [2.45, 2.75) is 77.6 Å². The molecule has 0 saturated heterocycles. The van der Waals surface area contributed by atoms with Crippen molar-refractivity contribution in [1.29, 1.82) is 0 Å². The van der Waals surface area contributed by atoms with E-state index in [1.54, 1.807) is 24.3 Å². The first kappa shape index (κ1) is 30.2. The van der Waals surface area contributed by atoms with Gasteiger partial charge in [-0.2, -0.15) is 0 Å². The van der Waals surface area contributed by atoms with Crippen LogP contribution >= 0.6 is 0 Å². The summed E-state index contributed by atoms with van der Waals surface area (Å²) in [5, 5.41) is 3.60. The predicted octanol–water partition coefficient (Wildman–Crippen LogP) is 7.26. The Hall–Kier alpha value is -2.07. The molecular weight excluding hydrogens is 528 g/mol. The largest absolute Gasteiger partial charge is 0.461 e. The molecule has 2 aromatic rings. The zero-order valence-corrected chi connectivity index (χ0v) is 24.8. The van der Waals surface area contributed by atoms with E-state index >= 15 is 0 Å². The smallest absolute Gasteiger partial charge is 0.235 e. The first-order valence-electron chi connectivity index (χ1n) is 12.4. The van der Waals surface area contributed by atoms with Crippen LogP contribution < -0.4 is 10.1 Å². The number of hydrogen-bond acceptors (Lipinski definition) is 4. The van der Waals surface area contributed by atoms with Crippen LogP contribution in [0.2, 0.25) is 0 Å². The zero-order valence-electron chi connectivity index (χ0n) is 21.9. The van der Waals surface area contributed by atoms with Gasteiger partial charge < -0.3 is 10.1 Å². The molecule has 1 fully saturated rings. The number of ether oxygens (including phenoxy) is 1. The van der Waals surface area contributed by atoms with Crippen molar-refractivity contribution < 1.29 is 48.1 Å². The van der Waals surface area contributed by atoms with Crippen molar-refractivity contribution in [3.8, 4) is 5.75 Å². The van der Waals surface area contributed by atoms with E-state index in [1.165, 1.54) is 19.8 Å². The SMILES string of the molecule is C=C=C(NC1(C)CCCC1)c1cc2c(cn1)CC(=O)C2C(C)C.C=Cc1cccc(OC(C)F)c1.[HH].[Y]. The summed E-state index contributed by atoms with van der Waals surface area (Å²) >= 11 is 0. The number of pyridine rings is 1. The molecule has 1 aromatic carbocycles. The van der Waals surface area contributed by atoms with Crippen LogP contribution in [0.4, 0.5) is 4.39 Å². The van der Waals surface area contributed by atoms with E-state index in [1.807, 2.05) is 12.3 Å². The molecule has 2 atom stereocenters. The van der Waals surface area contributed by atoms with Gasteiger partial charge in [-0.15, -0.1) is 5.73 Å². The van der Waals surface area contributed by atoms with Crippen LogP contribution in [0.3, 0.4) is 0 Å². The van der Waals surface area contributed by atoms with E-state index in [9.17, 15) is 9.18 Å². The third kappa shape index (κ3) is 7.72. The number of nitrogens with zero attached hydrogens (tertiary/aromatic N) is 1. The Bertz CT molecular complexity index is 1120. The number of hydrogen-bond donors (Lipinski definition) is 1. The Morgan fingerprint density at radius 3 is 2.58 bits per heavy atom. The first-order chi connectivity index (χ1) is 16.7. The molecule has 0 amide bonds. The van der Waals surface area contributed by atoms with Gasteiger partial charge in [0.2, 0.25) is 6.36 Å². The van der Waals surface area contributed by atoms with Crippen LogP contribution in [0.25, 0.3) is 11.8 Å². The average molecular weight is 568 g/mol. The molecule has 0 aliphatic heterocycles. The summed E-state index contributed by atoms with van der Waals surface area (Å²) in [6.07, 6.45) is 7.64. The van der Waals surface area contributed by atoms with Crippen LogP contribution in [-0.2, 0) is 43.9 Å². The molecule has 1 N–H and O–H groups in total. The van der Waals surface area contributed by atoms with Gasteiger partial charge in [0.15, 0.2) is 0 Å². The molecule has 1 heterocycles. The first-order valence-corrected chi connectivity index (χ1v) is 12.4. The summed E-state index contributed by atoms with van der Waals surface area (Å²) in [5.74, 6) is 1.16. The Labute approximate surface area is 241 Å². The number of fused-ring (bicyclic) bond motifs is 1. The minimum atomic E-state index is -1.27. The summed E-state index contributed by atoms with van der Waals surface area (Å²) in [4.78, 5) is 16.8. The van der Waals surface area contributed by atoms with E-state index in [2.05, 4.69) is 56.0 Å². The van der Waals surface area contributed by atoms with Gasteiger partial charge in [-0.05, 0) is 60.6 Å². The normalized spacial score (nSPS) is 18.2. The number of aromatic nitrogens is 1. The van der Waals surface area contributed by atoms with Crippen molar-refractivity contribution in [3.63, 3.8) is 0 Å². The van der Waals surface area contributed by atoms with Crippen molar-refractivity contribution in [2.24, 2.45) is 5.92 Å². The van der Waals surface area contributed by atoms with Gasteiger partial charge in [0.1, 0.15) is 17.2 Å². The maximum atomic E-state index is 12.4. The monoisotopic (exact) mass is 567 g/mol. The molecule has 6 heteroatoms. The molecular formula is C30H39FN2O2Y. The molecule has 36 heavy (non-hydrogen) atoms. The van der Waals surface area contributed by atoms with E-state index in [0.717, 1.165) is 40.9 Å². The van der Waals surface area contributed by atoms with Crippen LogP contribution in [0.15, 0.2) is 55.4 Å². The number of ketones is 1. The number of halogens is 1. The number of rotatable bonds is 7. The van der Waals surface area contributed by atoms with Gasteiger partial charge >= 0.3 is 0 Å². The van der Waals surface area contributed by atoms with Gasteiger partial charge in [-0.1, -0.05) is 58.1 Å². The number of Topliss-reactive ketones (excluding diaryl/α,β-unsaturated/α-hetero) is 1. The van der Waals surface area contributed by atoms with Crippen LogP contribution in [-0.4, -0.2) is 22.7 Å². The van der Waals surface area contributed by atoms with Gasteiger partial charge in [0.25, 0.3) is 0 Å². The molecule has 2 aliphatic carbocycles. The fourth-order valence-corrected chi connectivity index (χ4v) is 4.96. The number of benzene rings is 1. The summed E-state index contributed by atoms with van der Waals surface area (Å²) in [7, 11) is 0. The Morgan fingerprint density at radius 1 is 1.31 bits per heavy atom. The van der Waals surface area contributed by atoms with Gasteiger partial charge in [0, 0.05) is 65.1 Å². The third-order valence-electron chi connectivity index (χ3n) is 6.69. The number of carbonyl (C=O) groups excluding carboxylic acids is 1. The summed E-state index contributed by atoms with van der Waals surface area (Å²) < 4.78 is 17.2. The van der Waals surface area contributed by atoms with Gasteiger partial charge in [-0.25, -0.2) is 4.39 Å². The second kappa shape index (κ2) is 13.5. The Morgan fingerprint density at radius 2 is 2.00 bits per heavy atom. The molecule has 4 nitrogen and oxygen atoms in total.